The van der Waals surface area contributed by atoms with Crippen LogP contribution in [0, 0.1) is 0 Å². The van der Waals surface area contributed by atoms with Gasteiger partial charge in [0.25, 0.3) is 0 Å². The molecule has 0 spiro atoms. The summed E-state index contributed by atoms with van der Waals surface area (Å²) in [5, 5.41) is 5.25. The second kappa shape index (κ2) is 6.99. The van der Waals surface area contributed by atoms with E-state index in [2.05, 4.69) is 10.6 Å². The van der Waals surface area contributed by atoms with Crippen molar-refractivity contribution in [3.05, 3.63) is 29.8 Å². The zero-order valence-electron chi connectivity index (χ0n) is 13.2. The molecule has 3 amide bonds. The zero-order chi connectivity index (χ0) is 17.0. The van der Waals surface area contributed by atoms with Crippen LogP contribution >= 0.6 is 0 Å². The molecule has 1 aliphatic heterocycles. The first kappa shape index (κ1) is 17.3. The lowest BCUT2D eigenvalue weighted by atomic mass is 10.1. The summed E-state index contributed by atoms with van der Waals surface area (Å²) in [6.45, 7) is 0.770. The number of benzene rings is 1. The van der Waals surface area contributed by atoms with Gasteiger partial charge in [0.05, 0.1) is 4.90 Å². The lowest BCUT2D eigenvalue weighted by molar-refractivity contribution is -0.134. The average Bonchev–Trinajstić information content (AvgIpc) is 2.49. The second-order valence-corrected chi connectivity index (χ2v) is 7.65. The molecule has 1 aromatic carbocycles. The van der Waals surface area contributed by atoms with Crippen LogP contribution in [0.15, 0.2) is 29.2 Å². The van der Waals surface area contributed by atoms with Gasteiger partial charge in [-0.25, -0.2) is 13.2 Å². The van der Waals surface area contributed by atoms with Gasteiger partial charge in [-0.05, 0) is 24.5 Å². The number of hydrogen-bond donors (Lipinski definition) is 2. The fourth-order valence-electron chi connectivity index (χ4n) is 2.56. The number of likely N-dealkylation sites (N-methyl/N-ethyl adjacent to an activating group) is 1. The monoisotopic (exact) mass is 339 g/mol. The summed E-state index contributed by atoms with van der Waals surface area (Å²) in [6.07, 6.45) is 2.57. The smallest absolute Gasteiger partial charge is 0.315 e. The molecule has 0 aromatic heterocycles. The van der Waals surface area contributed by atoms with Crippen LogP contribution in [-0.4, -0.2) is 51.1 Å². The Bertz CT molecular complexity index is 702. The van der Waals surface area contributed by atoms with Gasteiger partial charge in [0, 0.05) is 26.4 Å². The molecular weight excluding hydrogens is 318 g/mol. The number of sulfone groups is 1. The number of nitrogens with zero attached hydrogens (tertiary/aromatic N) is 1. The highest BCUT2D eigenvalue weighted by Crippen LogP contribution is 2.15. The van der Waals surface area contributed by atoms with Gasteiger partial charge in [0.1, 0.15) is 6.04 Å². The Kier molecular flexibility index (Phi) is 5.25. The zero-order valence-corrected chi connectivity index (χ0v) is 14.0. The van der Waals surface area contributed by atoms with Gasteiger partial charge >= 0.3 is 6.03 Å². The number of likely N-dealkylation sites (tertiary alicyclic amines) is 1. The van der Waals surface area contributed by atoms with Gasteiger partial charge in [0.2, 0.25) is 5.91 Å². The van der Waals surface area contributed by atoms with Crippen molar-refractivity contribution in [3.8, 4) is 0 Å². The van der Waals surface area contributed by atoms with E-state index in [0.717, 1.165) is 12.7 Å². The lowest BCUT2D eigenvalue weighted by Crippen LogP contribution is -2.53. The van der Waals surface area contributed by atoms with Crippen molar-refractivity contribution < 1.29 is 18.0 Å². The molecule has 1 saturated heterocycles. The van der Waals surface area contributed by atoms with Crippen molar-refractivity contribution in [2.24, 2.45) is 0 Å². The fraction of sp³-hybridized carbons (Fsp3) is 0.467. The molecule has 0 aliphatic carbocycles. The highest BCUT2D eigenvalue weighted by atomic mass is 32.2. The van der Waals surface area contributed by atoms with Gasteiger partial charge in [-0.15, -0.1) is 0 Å². The summed E-state index contributed by atoms with van der Waals surface area (Å²) in [5.41, 5.74) is 0.511. The maximum absolute atomic E-state index is 12.0. The first-order valence-corrected chi connectivity index (χ1v) is 9.25. The minimum absolute atomic E-state index is 0.0752. The Labute approximate surface area is 136 Å². The molecule has 0 radical (unpaired) electrons. The van der Waals surface area contributed by atoms with E-state index in [0.29, 0.717) is 18.5 Å². The largest absolute Gasteiger partial charge is 0.344 e. The van der Waals surface area contributed by atoms with E-state index in [-0.39, 0.29) is 17.3 Å². The van der Waals surface area contributed by atoms with E-state index in [1.807, 2.05) is 0 Å². The molecule has 126 valence electrons. The Balaban J connectivity index is 1.96. The molecule has 0 saturated carbocycles. The number of piperidine rings is 1. The minimum atomic E-state index is -3.36. The summed E-state index contributed by atoms with van der Waals surface area (Å²) in [7, 11) is -1.65. The van der Waals surface area contributed by atoms with Crippen molar-refractivity contribution in [1.82, 2.24) is 15.5 Å². The van der Waals surface area contributed by atoms with Crippen molar-refractivity contribution in [1.29, 1.82) is 0 Å². The van der Waals surface area contributed by atoms with Crippen molar-refractivity contribution in [2.75, 3.05) is 19.8 Å². The van der Waals surface area contributed by atoms with Gasteiger partial charge in [-0.3, -0.25) is 4.79 Å². The molecule has 2 rings (SSSR count). The molecule has 1 fully saturated rings. The van der Waals surface area contributed by atoms with Crippen LogP contribution in [0.1, 0.15) is 18.4 Å². The minimum Gasteiger partial charge on any atom is -0.344 e. The number of carbonyl (C=O) groups is 2. The summed E-state index contributed by atoms with van der Waals surface area (Å²) >= 11 is 0. The number of hydrogen-bond acceptors (Lipinski definition) is 4. The van der Waals surface area contributed by atoms with Crippen molar-refractivity contribution in [2.45, 2.75) is 30.3 Å². The summed E-state index contributed by atoms with van der Waals surface area (Å²) in [6, 6.07) is 5.49. The molecule has 1 aliphatic rings. The van der Waals surface area contributed by atoms with E-state index in [1.54, 1.807) is 30.1 Å². The highest BCUT2D eigenvalue weighted by Gasteiger charge is 2.27. The SMILES string of the molecule is CN1CCCC(NC(=O)NCc2ccccc2S(C)(=O)=O)C1=O. The third-order valence-corrected chi connectivity index (χ3v) is 4.97. The van der Waals surface area contributed by atoms with Crippen LogP contribution < -0.4 is 10.6 Å². The average molecular weight is 339 g/mol. The number of urea groups is 1. The standard InChI is InChI=1S/C15H21N3O4S/c1-18-9-5-7-12(14(18)19)17-15(20)16-10-11-6-3-4-8-13(11)23(2,21)22/h3-4,6,8,12H,5,7,9-10H2,1-2H3,(H2,16,17,20). The van der Waals surface area contributed by atoms with Crippen LogP contribution in [-0.2, 0) is 21.2 Å². The summed E-state index contributed by atoms with van der Waals surface area (Å²) in [4.78, 5) is 25.7. The Hall–Kier alpha value is -2.09. The Morgan fingerprint density at radius 1 is 1.35 bits per heavy atom. The predicted octanol–water partition coefficient (Wildman–Crippen LogP) is 0.510. The Morgan fingerprint density at radius 2 is 2.04 bits per heavy atom. The highest BCUT2D eigenvalue weighted by molar-refractivity contribution is 7.90. The van der Waals surface area contributed by atoms with Crippen molar-refractivity contribution in [3.63, 3.8) is 0 Å². The molecule has 1 atom stereocenters. The molecule has 0 bridgehead atoms. The number of carbonyl (C=O) groups excluding carboxylic acids is 2. The lowest BCUT2D eigenvalue weighted by Gasteiger charge is -2.29. The number of nitrogens with one attached hydrogen (secondary N) is 2. The van der Waals surface area contributed by atoms with E-state index in [4.69, 9.17) is 0 Å². The maximum atomic E-state index is 12.0. The quantitative estimate of drug-likeness (QED) is 0.835. The van der Waals surface area contributed by atoms with Gasteiger partial charge in [-0.2, -0.15) is 0 Å². The molecule has 1 unspecified atom stereocenters. The van der Waals surface area contributed by atoms with Crippen LogP contribution in [0.3, 0.4) is 0 Å². The van der Waals surface area contributed by atoms with Gasteiger partial charge < -0.3 is 15.5 Å². The normalized spacial score (nSPS) is 18.6. The molecule has 1 heterocycles. The maximum Gasteiger partial charge on any atom is 0.315 e. The summed E-state index contributed by atoms with van der Waals surface area (Å²) < 4.78 is 23.4. The molecule has 8 heteroatoms. The van der Waals surface area contributed by atoms with E-state index in [9.17, 15) is 18.0 Å². The fourth-order valence-corrected chi connectivity index (χ4v) is 3.50. The molecule has 23 heavy (non-hydrogen) atoms. The Morgan fingerprint density at radius 3 is 2.74 bits per heavy atom. The first-order chi connectivity index (χ1) is 10.8. The van der Waals surface area contributed by atoms with Crippen LogP contribution in [0.25, 0.3) is 0 Å². The number of amides is 3. The van der Waals surface area contributed by atoms with Crippen LogP contribution in [0.5, 0.6) is 0 Å². The van der Waals surface area contributed by atoms with Crippen LogP contribution in [0.2, 0.25) is 0 Å². The number of rotatable bonds is 4. The topological polar surface area (TPSA) is 95.6 Å². The molecule has 1 aromatic rings. The molecule has 7 nitrogen and oxygen atoms in total. The molecular formula is C15H21N3O4S. The predicted molar refractivity (Wildman–Crippen MR) is 85.6 cm³/mol. The third-order valence-electron chi connectivity index (χ3n) is 3.78. The summed E-state index contributed by atoms with van der Waals surface area (Å²) in [5.74, 6) is -0.108. The van der Waals surface area contributed by atoms with Crippen LogP contribution in [0.4, 0.5) is 4.79 Å². The first-order valence-electron chi connectivity index (χ1n) is 7.36. The van der Waals surface area contributed by atoms with Crippen molar-refractivity contribution >= 4 is 21.8 Å². The molecule has 2 N–H and O–H groups in total. The second-order valence-electron chi connectivity index (χ2n) is 5.66. The third kappa shape index (κ3) is 4.44. The van der Waals surface area contributed by atoms with E-state index in [1.165, 1.54) is 6.07 Å². The van der Waals surface area contributed by atoms with E-state index >= 15 is 0 Å². The van der Waals surface area contributed by atoms with E-state index < -0.39 is 21.9 Å². The van der Waals surface area contributed by atoms with Gasteiger partial charge in [0.15, 0.2) is 9.84 Å². The van der Waals surface area contributed by atoms with Gasteiger partial charge in [-0.1, -0.05) is 18.2 Å².